The van der Waals surface area contributed by atoms with Gasteiger partial charge in [-0.25, -0.2) is 0 Å². The second kappa shape index (κ2) is 31.0. The van der Waals surface area contributed by atoms with Crippen LogP contribution in [0.25, 0.3) is 0 Å². The number of ether oxygens (including phenoxy) is 4. The molecule has 0 aromatic carbocycles. The van der Waals surface area contributed by atoms with Gasteiger partial charge < -0.3 is 42.6 Å². The van der Waals surface area contributed by atoms with Crippen LogP contribution in [0, 0.1) is 0 Å². The smallest absolute Gasteiger partial charge is 0.400 e. The highest BCUT2D eigenvalue weighted by Crippen LogP contribution is 2.14. The van der Waals surface area contributed by atoms with Crippen LogP contribution in [0.3, 0.4) is 0 Å². The second-order valence-electron chi connectivity index (χ2n) is 5.36. The van der Waals surface area contributed by atoms with Gasteiger partial charge in [-0.3, -0.25) is 0 Å². The van der Waals surface area contributed by atoms with E-state index >= 15 is 0 Å². The molecule has 0 spiro atoms. The third-order valence-corrected chi connectivity index (χ3v) is 6.21. The Balaban J connectivity index is -0.000000158. The zero-order chi connectivity index (χ0) is 24.3. The van der Waals surface area contributed by atoms with Crippen LogP contribution in [0.2, 0.25) is 6.04 Å². The molecule has 2 rings (SSSR count). The molecule has 188 valence electrons. The zero-order valence-corrected chi connectivity index (χ0v) is 22.4. The Kier molecular flexibility index (Phi) is 38.5. The first-order chi connectivity index (χ1) is 14.6. The Bertz CT molecular complexity index is 257. The van der Waals surface area contributed by atoms with Crippen LogP contribution in [0.1, 0.15) is 34.1 Å². The molecule has 10 heteroatoms. The summed E-state index contributed by atoms with van der Waals surface area (Å²) in [6, 6.07) is 1.47. The molecule has 2 aliphatic heterocycles. The fourth-order valence-electron chi connectivity index (χ4n) is 1.74. The number of nitrogens with one attached hydrogen (secondary N) is 1. The summed E-state index contributed by atoms with van der Waals surface area (Å²) in [7, 11) is 8.60. The Hall–Kier alpha value is -0.143. The van der Waals surface area contributed by atoms with E-state index < -0.39 is 8.80 Å². The SMILES string of the molecule is CC.CC.CO.COCC1CN1.COCC1CO1.COCCC[Si](OC)(OC)OC. The van der Waals surface area contributed by atoms with E-state index in [0.29, 0.717) is 18.8 Å². The van der Waals surface area contributed by atoms with Gasteiger partial charge in [0.05, 0.1) is 19.8 Å². The van der Waals surface area contributed by atoms with Crippen molar-refractivity contribution in [2.75, 3.05) is 82.7 Å². The molecule has 30 heavy (non-hydrogen) atoms. The molecule has 0 bridgehead atoms. The summed E-state index contributed by atoms with van der Waals surface area (Å²) in [6.07, 6.45) is 1.33. The van der Waals surface area contributed by atoms with Gasteiger partial charge in [-0.15, -0.1) is 0 Å². The standard InChI is InChI=1S/C7H18O4Si.C4H9NO.C4H8O2.2C2H6.CH4O/c1-8-6-5-7-12(9-2,10-3)11-4;1-6-3-4-2-5-4;1-5-2-4-3-6-4;3*1-2/h5-7H2,1-4H3;4-5H,2-3H2,1H3;4H,2-3H2,1H3;2*1-2H3;2H,1H3. The summed E-state index contributed by atoms with van der Waals surface area (Å²) in [5, 5.41) is 10.1. The summed E-state index contributed by atoms with van der Waals surface area (Å²) >= 11 is 0. The fraction of sp³-hybridized carbons (Fsp3) is 1.00. The van der Waals surface area contributed by atoms with Crippen LogP contribution in [0.5, 0.6) is 0 Å². The van der Waals surface area contributed by atoms with Gasteiger partial charge in [0.2, 0.25) is 0 Å². The first-order valence-electron chi connectivity index (χ1n) is 10.5. The van der Waals surface area contributed by atoms with E-state index in [1.165, 1.54) is 0 Å². The lowest BCUT2D eigenvalue weighted by atomic mass is 10.5. The van der Waals surface area contributed by atoms with Crippen molar-refractivity contribution in [2.45, 2.75) is 52.3 Å². The number of methoxy groups -OCH3 is 3. The minimum atomic E-state index is -2.33. The minimum Gasteiger partial charge on any atom is -0.400 e. The van der Waals surface area contributed by atoms with Crippen molar-refractivity contribution in [1.82, 2.24) is 5.32 Å². The maximum atomic E-state index is 7.00. The quantitative estimate of drug-likeness (QED) is 0.272. The van der Waals surface area contributed by atoms with Crippen LogP contribution in [-0.4, -0.2) is 109 Å². The summed E-state index contributed by atoms with van der Waals surface area (Å²) in [6.45, 7) is 12.4. The lowest BCUT2D eigenvalue weighted by molar-refractivity contribution is 0.117. The number of hydrogen-bond donors (Lipinski definition) is 2. The van der Waals surface area contributed by atoms with Crippen LogP contribution in [-0.2, 0) is 32.2 Å². The predicted octanol–water partition coefficient (Wildman–Crippen LogP) is 2.20. The second-order valence-corrected chi connectivity index (χ2v) is 8.45. The first-order valence-corrected chi connectivity index (χ1v) is 12.5. The summed E-state index contributed by atoms with van der Waals surface area (Å²) in [4.78, 5) is 0. The molecular formula is C20H51NO8Si. The fourth-order valence-corrected chi connectivity index (χ4v) is 3.43. The molecule has 2 atom stereocenters. The normalized spacial score (nSPS) is 17.6. The Morgan fingerprint density at radius 1 is 0.833 bits per heavy atom. The predicted molar refractivity (Wildman–Crippen MR) is 124 cm³/mol. The monoisotopic (exact) mass is 461 g/mol. The number of rotatable bonds is 11. The molecule has 0 amide bonds. The number of aliphatic hydroxyl groups excluding tert-OH is 1. The maximum Gasteiger partial charge on any atom is 0.500 e. The average Bonchev–Trinajstić information content (AvgIpc) is 3.75. The van der Waals surface area contributed by atoms with Crippen LogP contribution < -0.4 is 5.32 Å². The summed E-state index contributed by atoms with van der Waals surface area (Å²) < 4.78 is 35.0. The van der Waals surface area contributed by atoms with Crippen molar-refractivity contribution in [1.29, 1.82) is 0 Å². The van der Waals surface area contributed by atoms with Gasteiger partial charge >= 0.3 is 8.80 Å². The van der Waals surface area contributed by atoms with Crippen molar-refractivity contribution in [2.24, 2.45) is 0 Å². The van der Waals surface area contributed by atoms with Crippen molar-refractivity contribution in [3.8, 4) is 0 Å². The van der Waals surface area contributed by atoms with E-state index in [1.807, 2.05) is 27.7 Å². The third kappa shape index (κ3) is 27.9. The van der Waals surface area contributed by atoms with E-state index in [1.54, 1.807) is 42.7 Å². The highest BCUT2D eigenvalue weighted by Gasteiger charge is 2.36. The zero-order valence-electron chi connectivity index (χ0n) is 21.4. The molecule has 9 nitrogen and oxygen atoms in total. The molecule has 2 saturated heterocycles. The lowest BCUT2D eigenvalue weighted by Crippen LogP contribution is -2.42. The van der Waals surface area contributed by atoms with Crippen molar-refractivity contribution in [3.63, 3.8) is 0 Å². The topological polar surface area (TPSA) is 110 Å². The van der Waals surface area contributed by atoms with Crippen LogP contribution in [0.15, 0.2) is 0 Å². The molecule has 0 aromatic heterocycles. The van der Waals surface area contributed by atoms with Gasteiger partial charge in [-0.2, -0.15) is 0 Å². The van der Waals surface area contributed by atoms with E-state index in [-0.39, 0.29) is 0 Å². The van der Waals surface area contributed by atoms with Gasteiger partial charge in [0, 0.05) is 75.0 Å². The highest BCUT2D eigenvalue weighted by molar-refractivity contribution is 6.60. The van der Waals surface area contributed by atoms with E-state index in [9.17, 15) is 0 Å². The van der Waals surface area contributed by atoms with Gasteiger partial charge in [0.15, 0.2) is 0 Å². The van der Waals surface area contributed by atoms with Gasteiger partial charge in [-0.05, 0) is 6.42 Å². The lowest BCUT2D eigenvalue weighted by Gasteiger charge is -2.23. The third-order valence-electron chi connectivity index (χ3n) is 3.38. The Morgan fingerprint density at radius 3 is 1.47 bits per heavy atom. The molecule has 2 unspecified atom stereocenters. The maximum absolute atomic E-state index is 7.00. The largest absolute Gasteiger partial charge is 0.500 e. The molecule has 0 radical (unpaired) electrons. The summed E-state index contributed by atoms with van der Waals surface area (Å²) in [5.74, 6) is 0. The summed E-state index contributed by atoms with van der Waals surface area (Å²) in [5.41, 5.74) is 0. The Morgan fingerprint density at radius 2 is 1.27 bits per heavy atom. The molecule has 2 heterocycles. The first kappa shape index (κ1) is 37.2. The van der Waals surface area contributed by atoms with E-state index in [2.05, 4.69) is 5.32 Å². The Labute approximate surface area is 187 Å². The minimum absolute atomic E-state index is 0.426. The highest BCUT2D eigenvalue weighted by atomic mass is 28.4. The van der Waals surface area contributed by atoms with Crippen molar-refractivity contribution < 1.29 is 37.3 Å². The van der Waals surface area contributed by atoms with Gasteiger partial charge in [0.25, 0.3) is 0 Å². The van der Waals surface area contributed by atoms with Crippen LogP contribution in [0.4, 0.5) is 0 Å². The van der Waals surface area contributed by atoms with Crippen molar-refractivity contribution in [3.05, 3.63) is 0 Å². The molecule has 0 aromatic rings. The van der Waals surface area contributed by atoms with E-state index in [4.69, 9.17) is 37.3 Å². The number of aliphatic hydroxyl groups is 1. The van der Waals surface area contributed by atoms with Crippen LogP contribution >= 0.6 is 0 Å². The van der Waals surface area contributed by atoms with Gasteiger partial charge in [0.1, 0.15) is 6.10 Å². The number of epoxide rings is 1. The number of hydrogen-bond acceptors (Lipinski definition) is 9. The average molecular weight is 462 g/mol. The molecule has 2 fully saturated rings. The van der Waals surface area contributed by atoms with Crippen molar-refractivity contribution >= 4 is 8.80 Å². The molecule has 2 aliphatic rings. The molecular weight excluding hydrogens is 410 g/mol. The molecule has 2 N–H and O–H groups in total. The van der Waals surface area contributed by atoms with E-state index in [0.717, 1.165) is 45.9 Å². The molecule has 0 saturated carbocycles. The van der Waals surface area contributed by atoms with Gasteiger partial charge in [-0.1, -0.05) is 27.7 Å². The molecule has 0 aliphatic carbocycles.